The summed E-state index contributed by atoms with van der Waals surface area (Å²) in [5.74, 6) is 0.773. The number of hydrogen-bond donors (Lipinski definition) is 1. The van der Waals surface area contributed by atoms with E-state index in [2.05, 4.69) is 6.07 Å². The van der Waals surface area contributed by atoms with Gasteiger partial charge in [0.2, 0.25) is 0 Å². The van der Waals surface area contributed by atoms with Crippen LogP contribution in [0.4, 0.5) is 0 Å². The van der Waals surface area contributed by atoms with E-state index >= 15 is 0 Å². The van der Waals surface area contributed by atoms with Gasteiger partial charge >= 0.3 is 5.97 Å². The van der Waals surface area contributed by atoms with Crippen molar-refractivity contribution in [3.63, 3.8) is 0 Å². The number of carbonyl (C=O) groups is 1. The van der Waals surface area contributed by atoms with Gasteiger partial charge in [-0.25, -0.2) is 0 Å². The van der Waals surface area contributed by atoms with E-state index in [0.29, 0.717) is 19.6 Å². The Hall–Kier alpha value is -2.49. The predicted octanol–water partition coefficient (Wildman–Crippen LogP) is 3.78. The zero-order valence-electron chi connectivity index (χ0n) is 13.5. The summed E-state index contributed by atoms with van der Waals surface area (Å²) in [6, 6.07) is 13.6. The highest BCUT2D eigenvalue weighted by Crippen LogP contribution is 2.21. The topological polar surface area (TPSA) is 55.8 Å². The van der Waals surface area contributed by atoms with Crippen LogP contribution in [-0.2, 0) is 11.2 Å². The highest BCUT2D eigenvalue weighted by atomic mass is 16.5. The summed E-state index contributed by atoms with van der Waals surface area (Å²) in [6.45, 7) is 4.92. The Bertz CT molecular complexity index is 664. The Balaban J connectivity index is 1.85. The fourth-order valence-corrected chi connectivity index (χ4v) is 2.36. The molecule has 1 N–H and O–H groups in total. The summed E-state index contributed by atoms with van der Waals surface area (Å²) in [6.07, 6.45) is 0.558. The summed E-state index contributed by atoms with van der Waals surface area (Å²) in [5, 5.41) is 8.79. The number of benzene rings is 2. The lowest BCUT2D eigenvalue weighted by Gasteiger charge is -2.13. The van der Waals surface area contributed by atoms with Crippen molar-refractivity contribution in [3.05, 3.63) is 59.2 Å². The van der Waals surface area contributed by atoms with Gasteiger partial charge in [-0.15, -0.1) is 0 Å². The molecule has 4 nitrogen and oxygen atoms in total. The molecule has 0 heterocycles. The van der Waals surface area contributed by atoms with Crippen molar-refractivity contribution in [1.82, 2.24) is 0 Å². The van der Waals surface area contributed by atoms with Crippen LogP contribution in [0.5, 0.6) is 11.5 Å². The number of carboxylic acid groups (broad SMARTS) is 1. The molecule has 2 aromatic rings. The van der Waals surface area contributed by atoms with Gasteiger partial charge in [-0.3, -0.25) is 4.79 Å². The molecule has 0 saturated heterocycles. The predicted molar refractivity (Wildman–Crippen MR) is 89.3 cm³/mol. The maximum atomic E-state index is 10.7. The number of carboxylic acids is 1. The molecule has 0 aliphatic heterocycles. The molecule has 0 aromatic heterocycles. The molecular weight excluding hydrogens is 292 g/mol. The number of hydrogen-bond acceptors (Lipinski definition) is 3. The molecule has 0 fully saturated rings. The van der Waals surface area contributed by atoms with E-state index in [1.54, 1.807) is 0 Å². The molecule has 0 aliphatic rings. The molecule has 0 bridgehead atoms. The monoisotopic (exact) mass is 314 g/mol. The first kappa shape index (κ1) is 16.9. The van der Waals surface area contributed by atoms with Crippen molar-refractivity contribution in [2.75, 3.05) is 13.2 Å². The Kier molecular flexibility index (Phi) is 6.03. The van der Waals surface area contributed by atoms with Crippen LogP contribution in [0, 0.1) is 13.8 Å². The smallest absolute Gasteiger partial charge is 0.303 e. The summed E-state index contributed by atoms with van der Waals surface area (Å²) >= 11 is 0. The van der Waals surface area contributed by atoms with Crippen LogP contribution in [0.3, 0.4) is 0 Å². The van der Waals surface area contributed by atoms with Crippen molar-refractivity contribution >= 4 is 5.97 Å². The minimum absolute atomic E-state index is 0.0967. The number of para-hydroxylation sites is 1. The summed E-state index contributed by atoms with van der Waals surface area (Å²) < 4.78 is 11.5. The van der Waals surface area contributed by atoms with Crippen LogP contribution in [0.15, 0.2) is 42.5 Å². The third-order valence-corrected chi connectivity index (χ3v) is 3.51. The Labute approximate surface area is 136 Å². The van der Waals surface area contributed by atoms with Crippen molar-refractivity contribution in [1.29, 1.82) is 0 Å². The van der Waals surface area contributed by atoms with Crippen LogP contribution >= 0.6 is 0 Å². The lowest BCUT2D eigenvalue weighted by molar-refractivity contribution is -0.136. The van der Waals surface area contributed by atoms with Gasteiger partial charge in [0.05, 0.1) is 0 Å². The van der Waals surface area contributed by atoms with Crippen LogP contribution < -0.4 is 9.47 Å². The molecule has 0 spiro atoms. The van der Waals surface area contributed by atoms with Gasteiger partial charge < -0.3 is 14.6 Å². The van der Waals surface area contributed by atoms with E-state index < -0.39 is 5.97 Å². The van der Waals surface area contributed by atoms with Crippen LogP contribution in [-0.4, -0.2) is 24.3 Å². The fourth-order valence-electron chi connectivity index (χ4n) is 2.36. The molecule has 122 valence electrons. The second kappa shape index (κ2) is 8.22. The van der Waals surface area contributed by atoms with Gasteiger partial charge in [0, 0.05) is 6.42 Å². The molecule has 0 radical (unpaired) electrons. The minimum Gasteiger partial charge on any atom is -0.490 e. The zero-order chi connectivity index (χ0) is 16.7. The number of aryl methyl sites for hydroxylation is 3. The quantitative estimate of drug-likeness (QED) is 0.753. The van der Waals surface area contributed by atoms with Gasteiger partial charge in [0.25, 0.3) is 0 Å². The second-order valence-corrected chi connectivity index (χ2v) is 5.47. The molecule has 0 unspecified atom stereocenters. The fraction of sp³-hybridized carbons (Fsp3) is 0.316. The van der Waals surface area contributed by atoms with Crippen LogP contribution in [0.1, 0.15) is 23.1 Å². The van der Waals surface area contributed by atoms with Gasteiger partial charge in [-0.1, -0.05) is 35.9 Å². The maximum Gasteiger partial charge on any atom is 0.303 e. The third-order valence-electron chi connectivity index (χ3n) is 3.51. The second-order valence-electron chi connectivity index (χ2n) is 5.47. The summed E-state index contributed by atoms with van der Waals surface area (Å²) in [5.41, 5.74) is 3.21. The van der Waals surface area contributed by atoms with Crippen molar-refractivity contribution in [3.8, 4) is 11.5 Å². The highest BCUT2D eigenvalue weighted by molar-refractivity contribution is 5.67. The average molecular weight is 314 g/mol. The molecule has 0 aliphatic carbocycles. The Morgan fingerprint density at radius 2 is 1.70 bits per heavy atom. The Morgan fingerprint density at radius 3 is 2.39 bits per heavy atom. The van der Waals surface area contributed by atoms with E-state index in [9.17, 15) is 4.79 Å². The molecule has 2 aromatic carbocycles. The summed E-state index contributed by atoms with van der Waals surface area (Å²) in [4.78, 5) is 10.7. The van der Waals surface area contributed by atoms with E-state index in [1.165, 1.54) is 5.56 Å². The van der Waals surface area contributed by atoms with Crippen LogP contribution in [0.2, 0.25) is 0 Å². The molecule has 0 atom stereocenters. The third kappa shape index (κ3) is 5.33. The Morgan fingerprint density at radius 1 is 1.00 bits per heavy atom. The molecule has 4 heteroatoms. The minimum atomic E-state index is -0.807. The first-order chi connectivity index (χ1) is 11.1. The van der Waals surface area contributed by atoms with Crippen molar-refractivity contribution < 1.29 is 19.4 Å². The first-order valence-corrected chi connectivity index (χ1v) is 7.69. The van der Waals surface area contributed by atoms with Gasteiger partial charge in [0.15, 0.2) is 0 Å². The largest absolute Gasteiger partial charge is 0.490 e. The highest BCUT2D eigenvalue weighted by Gasteiger charge is 2.06. The molecule has 0 amide bonds. The van der Waals surface area contributed by atoms with Crippen LogP contribution in [0.25, 0.3) is 0 Å². The van der Waals surface area contributed by atoms with E-state index in [-0.39, 0.29) is 6.42 Å². The molecule has 0 saturated carbocycles. The standard InChI is InChI=1S/C19H22O4/c1-14-7-9-17(15(2)13-14)22-11-12-23-18-6-4-3-5-16(18)8-10-19(20)21/h3-7,9,13H,8,10-12H2,1-2H3,(H,20,21). The number of aliphatic carboxylic acids is 1. The molecule has 23 heavy (non-hydrogen) atoms. The van der Waals surface area contributed by atoms with E-state index in [1.807, 2.05) is 50.2 Å². The summed E-state index contributed by atoms with van der Waals surface area (Å²) in [7, 11) is 0. The van der Waals surface area contributed by atoms with Gasteiger partial charge in [-0.05, 0) is 43.5 Å². The van der Waals surface area contributed by atoms with E-state index in [0.717, 1.165) is 22.6 Å². The SMILES string of the molecule is Cc1ccc(OCCOc2ccccc2CCC(=O)O)c(C)c1. The lowest BCUT2D eigenvalue weighted by Crippen LogP contribution is -2.11. The normalized spacial score (nSPS) is 10.3. The zero-order valence-corrected chi connectivity index (χ0v) is 13.5. The number of rotatable bonds is 8. The first-order valence-electron chi connectivity index (χ1n) is 7.69. The van der Waals surface area contributed by atoms with Gasteiger partial charge in [0.1, 0.15) is 24.7 Å². The van der Waals surface area contributed by atoms with Crippen molar-refractivity contribution in [2.45, 2.75) is 26.7 Å². The molecule has 2 rings (SSSR count). The van der Waals surface area contributed by atoms with E-state index in [4.69, 9.17) is 14.6 Å². The van der Waals surface area contributed by atoms with Gasteiger partial charge in [-0.2, -0.15) is 0 Å². The maximum absolute atomic E-state index is 10.7. The average Bonchev–Trinajstić information content (AvgIpc) is 2.52. The lowest BCUT2D eigenvalue weighted by atomic mass is 10.1. The number of ether oxygens (including phenoxy) is 2. The van der Waals surface area contributed by atoms with Crippen molar-refractivity contribution in [2.24, 2.45) is 0 Å². The molecular formula is C19H22O4.